The smallest absolute Gasteiger partial charge is 0.250 e. The Morgan fingerprint density at radius 2 is 1.79 bits per heavy atom. The molecule has 0 unspecified atom stereocenters. The van der Waals surface area contributed by atoms with E-state index in [-0.39, 0.29) is 0 Å². The Labute approximate surface area is 164 Å². The Kier molecular flexibility index (Phi) is 5.34. The van der Waals surface area contributed by atoms with Gasteiger partial charge in [-0.15, -0.1) is 0 Å². The van der Waals surface area contributed by atoms with E-state index in [2.05, 4.69) is 37.0 Å². The molecule has 0 amide bonds. The first-order chi connectivity index (χ1) is 13.7. The van der Waals surface area contributed by atoms with Crippen molar-refractivity contribution in [3.63, 3.8) is 0 Å². The number of aromatic nitrogens is 4. The van der Waals surface area contributed by atoms with Gasteiger partial charge in [0.25, 0.3) is 5.95 Å². The third-order valence-corrected chi connectivity index (χ3v) is 5.05. The van der Waals surface area contributed by atoms with Crippen LogP contribution in [0.15, 0.2) is 55.0 Å². The molecule has 0 atom stereocenters. The zero-order valence-electron chi connectivity index (χ0n) is 15.9. The second-order valence-corrected chi connectivity index (χ2v) is 6.82. The summed E-state index contributed by atoms with van der Waals surface area (Å²) in [7, 11) is 0. The van der Waals surface area contributed by atoms with E-state index in [1.807, 2.05) is 31.3 Å². The average Bonchev–Trinajstić information content (AvgIpc) is 3.10. The number of benzene rings is 1. The van der Waals surface area contributed by atoms with Crippen LogP contribution in [-0.2, 0) is 0 Å². The van der Waals surface area contributed by atoms with E-state index in [0.717, 1.165) is 49.7 Å². The Bertz CT molecular complexity index is 945. The largest absolute Gasteiger partial charge is 0.506 e. The van der Waals surface area contributed by atoms with Crippen molar-refractivity contribution < 1.29 is 5.11 Å². The number of hydrogen-bond acceptors (Lipinski definition) is 6. The third kappa shape index (κ3) is 3.89. The SMILES string of the molecule is Cc1c(C=CCN2CCN(c3ccccc3O)CC2)cnn1-c1ncccn1. The first-order valence-corrected chi connectivity index (χ1v) is 9.46. The van der Waals surface area contributed by atoms with Gasteiger partial charge >= 0.3 is 0 Å². The molecular formula is C21H24N6O. The molecule has 1 aliphatic heterocycles. The maximum absolute atomic E-state index is 10.0. The van der Waals surface area contributed by atoms with Crippen LogP contribution in [0.1, 0.15) is 11.3 Å². The minimum Gasteiger partial charge on any atom is -0.506 e. The quantitative estimate of drug-likeness (QED) is 0.738. The molecule has 0 bridgehead atoms. The first kappa shape index (κ1) is 18.2. The van der Waals surface area contributed by atoms with Gasteiger partial charge in [-0.2, -0.15) is 5.10 Å². The van der Waals surface area contributed by atoms with Gasteiger partial charge in [-0.3, -0.25) is 4.90 Å². The fraction of sp³-hybridized carbons (Fsp3) is 0.286. The summed E-state index contributed by atoms with van der Waals surface area (Å²) in [5.74, 6) is 0.936. The zero-order valence-corrected chi connectivity index (χ0v) is 15.9. The van der Waals surface area contributed by atoms with Crippen molar-refractivity contribution in [1.29, 1.82) is 0 Å². The van der Waals surface area contributed by atoms with Crippen molar-refractivity contribution in [3.05, 3.63) is 66.3 Å². The molecule has 1 saturated heterocycles. The van der Waals surface area contributed by atoms with Crippen molar-refractivity contribution in [2.24, 2.45) is 0 Å². The highest BCUT2D eigenvalue weighted by Crippen LogP contribution is 2.27. The van der Waals surface area contributed by atoms with Gasteiger partial charge in [-0.05, 0) is 25.1 Å². The molecule has 7 heteroatoms. The molecule has 1 aliphatic rings. The topological polar surface area (TPSA) is 70.3 Å². The highest BCUT2D eigenvalue weighted by Gasteiger charge is 2.18. The lowest BCUT2D eigenvalue weighted by atomic mass is 10.2. The van der Waals surface area contributed by atoms with Crippen LogP contribution in [0.2, 0.25) is 0 Å². The van der Waals surface area contributed by atoms with Crippen molar-refractivity contribution >= 4 is 11.8 Å². The summed E-state index contributed by atoms with van der Waals surface area (Å²) in [5, 5.41) is 14.4. The van der Waals surface area contributed by atoms with Crippen LogP contribution in [0.4, 0.5) is 5.69 Å². The maximum Gasteiger partial charge on any atom is 0.250 e. The first-order valence-electron chi connectivity index (χ1n) is 9.46. The fourth-order valence-corrected chi connectivity index (χ4v) is 3.42. The number of nitrogens with zero attached hydrogens (tertiary/aromatic N) is 6. The molecule has 0 saturated carbocycles. The van der Waals surface area contributed by atoms with Crippen LogP contribution in [0.3, 0.4) is 0 Å². The normalized spacial score (nSPS) is 15.4. The number of aromatic hydroxyl groups is 1. The van der Waals surface area contributed by atoms with E-state index >= 15 is 0 Å². The van der Waals surface area contributed by atoms with Gasteiger partial charge in [-0.25, -0.2) is 14.6 Å². The van der Waals surface area contributed by atoms with Crippen LogP contribution < -0.4 is 4.90 Å². The van der Waals surface area contributed by atoms with Crippen LogP contribution in [-0.4, -0.2) is 62.5 Å². The molecule has 3 heterocycles. The van der Waals surface area contributed by atoms with Crippen LogP contribution in [0.25, 0.3) is 12.0 Å². The summed E-state index contributed by atoms with van der Waals surface area (Å²) in [4.78, 5) is 13.1. The van der Waals surface area contributed by atoms with Gasteiger partial charge in [0, 0.05) is 50.7 Å². The monoisotopic (exact) mass is 376 g/mol. The highest BCUT2D eigenvalue weighted by atomic mass is 16.3. The molecule has 3 aromatic rings. The number of rotatable bonds is 5. The van der Waals surface area contributed by atoms with Gasteiger partial charge in [0.1, 0.15) is 5.75 Å². The highest BCUT2D eigenvalue weighted by molar-refractivity contribution is 5.58. The molecule has 0 radical (unpaired) electrons. The van der Waals surface area contributed by atoms with Crippen molar-refractivity contribution in [2.45, 2.75) is 6.92 Å². The third-order valence-electron chi connectivity index (χ3n) is 5.05. The predicted molar refractivity (Wildman–Crippen MR) is 110 cm³/mol. The molecular weight excluding hydrogens is 352 g/mol. The van der Waals surface area contributed by atoms with E-state index in [0.29, 0.717) is 11.7 Å². The van der Waals surface area contributed by atoms with Crippen LogP contribution in [0.5, 0.6) is 5.75 Å². The van der Waals surface area contributed by atoms with Crippen molar-refractivity contribution in [1.82, 2.24) is 24.6 Å². The lowest BCUT2D eigenvalue weighted by Gasteiger charge is -2.35. The number of hydrogen-bond donors (Lipinski definition) is 1. The lowest BCUT2D eigenvalue weighted by molar-refractivity contribution is 0.283. The summed E-state index contributed by atoms with van der Waals surface area (Å²) >= 11 is 0. The van der Waals surface area contributed by atoms with Gasteiger partial charge in [0.05, 0.1) is 17.6 Å². The molecule has 4 rings (SSSR count). The molecule has 7 nitrogen and oxygen atoms in total. The fourth-order valence-electron chi connectivity index (χ4n) is 3.42. The molecule has 1 aromatic carbocycles. The molecule has 0 aliphatic carbocycles. The molecule has 1 N–H and O–H groups in total. The van der Waals surface area contributed by atoms with Gasteiger partial charge in [-0.1, -0.05) is 24.3 Å². The summed E-state index contributed by atoms with van der Waals surface area (Å²) < 4.78 is 1.75. The predicted octanol–water partition coefficient (Wildman–Crippen LogP) is 2.51. The number of piperazine rings is 1. The molecule has 1 fully saturated rings. The summed E-state index contributed by atoms with van der Waals surface area (Å²) in [6.07, 6.45) is 9.56. The van der Waals surface area contributed by atoms with Crippen molar-refractivity contribution in [2.75, 3.05) is 37.6 Å². The number of anilines is 1. The zero-order chi connectivity index (χ0) is 19.3. The molecule has 28 heavy (non-hydrogen) atoms. The summed E-state index contributed by atoms with van der Waals surface area (Å²) in [6.45, 7) is 6.67. The Hall–Kier alpha value is -3.19. The molecule has 144 valence electrons. The lowest BCUT2D eigenvalue weighted by Crippen LogP contribution is -2.46. The molecule has 0 spiro atoms. The van der Waals surface area contributed by atoms with E-state index in [9.17, 15) is 5.11 Å². The molecule has 2 aromatic heterocycles. The summed E-state index contributed by atoms with van der Waals surface area (Å²) in [6, 6.07) is 9.33. The number of phenols is 1. The average molecular weight is 376 g/mol. The van der Waals surface area contributed by atoms with E-state index in [1.54, 1.807) is 29.2 Å². The van der Waals surface area contributed by atoms with Crippen LogP contribution >= 0.6 is 0 Å². The number of phenolic OH excluding ortho intramolecular Hbond substituents is 1. The van der Waals surface area contributed by atoms with Crippen molar-refractivity contribution in [3.8, 4) is 11.7 Å². The Morgan fingerprint density at radius 3 is 2.54 bits per heavy atom. The standard InChI is InChI=1S/C21H24N6O/c1-17-18(16-24-27(17)21-22-9-5-10-23-21)6-4-11-25-12-14-26(15-13-25)19-7-2-3-8-20(19)28/h2-10,16,28H,11-15H2,1H3. The van der Waals surface area contributed by atoms with Gasteiger partial charge in [0.2, 0.25) is 0 Å². The van der Waals surface area contributed by atoms with Gasteiger partial charge in [0.15, 0.2) is 0 Å². The second kappa shape index (κ2) is 8.22. The minimum absolute atomic E-state index is 0.353. The van der Waals surface area contributed by atoms with Gasteiger partial charge < -0.3 is 10.0 Å². The Morgan fingerprint density at radius 1 is 1.04 bits per heavy atom. The minimum atomic E-state index is 0.353. The van der Waals surface area contributed by atoms with E-state index < -0.39 is 0 Å². The summed E-state index contributed by atoms with van der Waals surface area (Å²) in [5.41, 5.74) is 3.01. The second-order valence-electron chi connectivity index (χ2n) is 6.82. The maximum atomic E-state index is 10.0. The van der Waals surface area contributed by atoms with E-state index in [4.69, 9.17) is 0 Å². The van der Waals surface area contributed by atoms with E-state index in [1.165, 1.54) is 0 Å². The number of para-hydroxylation sites is 2. The van der Waals surface area contributed by atoms with Crippen LogP contribution in [0, 0.1) is 6.92 Å². The Balaban J connectivity index is 1.33.